The van der Waals surface area contributed by atoms with Gasteiger partial charge in [-0.3, -0.25) is 9.98 Å². The average Bonchev–Trinajstić information content (AvgIpc) is 3.24. The van der Waals surface area contributed by atoms with Crippen molar-refractivity contribution in [3.8, 4) is 0 Å². The Hall–Kier alpha value is -2.60. The van der Waals surface area contributed by atoms with Crippen molar-refractivity contribution in [1.82, 2.24) is 15.2 Å². The van der Waals surface area contributed by atoms with E-state index < -0.39 is 0 Å². The largest absolute Gasteiger partial charge is 0.360 e. The molecule has 134 valence electrons. The fourth-order valence-corrected chi connectivity index (χ4v) is 4.19. The number of thiophene rings is 1. The van der Waals surface area contributed by atoms with Crippen LogP contribution < -0.4 is 10.2 Å². The van der Waals surface area contributed by atoms with Gasteiger partial charge in [-0.15, -0.1) is 11.3 Å². The van der Waals surface area contributed by atoms with Gasteiger partial charge in [-0.1, -0.05) is 24.3 Å². The number of piperazine rings is 1. The number of aromatic nitrogens is 1. The maximum Gasteiger partial charge on any atom is 0.194 e. The third-order valence-corrected chi connectivity index (χ3v) is 5.69. The van der Waals surface area contributed by atoms with Crippen molar-refractivity contribution < 1.29 is 0 Å². The van der Waals surface area contributed by atoms with Crippen LogP contribution in [0.25, 0.3) is 10.9 Å². The number of anilines is 1. The predicted molar refractivity (Wildman–Crippen MR) is 110 cm³/mol. The summed E-state index contributed by atoms with van der Waals surface area (Å²) in [5, 5.41) is 8.18. The first-order chi connectivity index (χ1) is 12.8. The molecule has 6 heteroatoms. The third-order valence-electron chi connectivity index (χ3n) is 4.76. The van der Waals surface area contributed by atoms with Gasteiger partial charge in [0, 0.05) is 51.4 Å². The molecule has 3 heterocycles. The zero-order valence-electron chi connectivity index (χ0n) is 14.9. The Morgan fingerprint density at radius 1 is 1.12 bits per heavy atom. The number of para-hydroxylation sites is 1. The van der Waals surface area contributed by atoms with Crippen molar-refractivity contribution in [2.75, 3.05) is 38.1 Å². The van der Waals surface area contributed by atoms with E-state index in [0.717, 1.165) is 44.2 Å². The number of aliphatic imine (C=N–C) groups is 1. The van der Waals surface area contributed by atoms with Crippen LogP contribution in [0.2, 0.25) is 0 Å². The molecule has 0 bridgehead atoms. The van der Waals surface area contributed by atoms with Crippen LogP contribution in [-0.2, 0) is 6.54 Å². The van der Waals surface area contributed by atoms with Gasteiger partial charge in [0.1, 0.15) is 0 Å². The number of nitrogens with zero attached hydrogens (tertiary/aromatic N) is 4. The lowest BCUT2D eigenvalue weighted by Gasteiger charge is -2.37. The lowest BCUT2D eigenvalue weighted by atomic mass is 10.1. The summed E-state index contributed by atoms with van der Waals surface area (Å²) in [4.78, 5) is 13.8. The molecule has 0 aliphatic carbocycles. The molecule has 5 nitrogen and oxygen atoms in total. The van der Waals surface area contributed by atoms with E-state index in [0.29, 0.717) is 0 Å². The van der Waals surface area contributed by atoms with Crippen LogP contribution in [0.1, 0.15) is 5.56 Å². The van der Waals surface area contributed by atoms with E-state index >= 15 is 0 Å². The van der Waals surface area contributed by atoms with Gasteiger partial charge >= 0.3 is 0 Å². The van der Waals surface area contributed by atoms with Crippen molar-refractivity contribution in [2.24, 2.45) is 4.99 Å². The minimum Gasteiger partial charge on any atom is -0.360 e. The Morgan fingerprint density at radius 3 is 2.73 bits per heavy atom. The minimum absolute atomic E-state index is 0.728. The summed E-state index contributed by atoms with van der Waals surface area (Å²) in [6.45, 7) is 4.73. The molecule has 0 atom stereocenters. The molecule has 0 spiro atoms. The molecule has 0 radical (unpaired) electrons. The van der Waals surface area contributed by atoms with Crippen LogP contribution in [0.15, 0.2) is 59.0 Å². The second kappa shape index (κ2) is 7.74. The molecular weight excluding hydrogens is 342 g/mol. The summed E-state index contributed by atoms with van der Waals surface area (Å²) in [6.07, 6.45) is 1.85. The molecule has 1 N–H and O–H groups in total. The molecule has 0 saturated carbocycles. The average molecular weight is 366 g/mol. The molecule has 3 aromatic rings. The summed E-state index contributed by atoms with van der Waals surface area (Å²) in [6, 6.07) is 14.7. The molecule has 1 aromatic carbocycles. The Labute approximate surface area is 158 Å². The van der Waals surface area contributed by atoms with Crippen molar-refractivity contribution in [2.45, 2.75) is 6.54 Å². The maximum atomic E-state index is 4.54. The van der Waals surface area contributed by atoms with Crippen LogP contribution >= 0.6 is 11.3 Å². The first kappa shape index (κ1) is 16.8. The van der Waals surface area contributed by atoms with Gasteiger partial charge < -0.3 is 15.1 Å². The van der Waals surface area contributed by atoms with Crippen LogP contribution in [0.3, 0.4) is 0 Å². The second-order valence-corrected chi connectivity index (χ2v) is 7.24. The van der Waals surface area contributed by atoms with Gasteiger partial charge in [0.2, 0.25) is 0 Å². The van der Waals surface area contributed by atoms with E-state index in [4.69, 9.17) is 0 Å². The molecule has 0 unspecified atom stereocenters. The van der Waals surface area contributed by atoms with Gasteiger partial charge in [-0.2, -0.15) is 0 Å². The van der Waals surface area contributed by atoms with Crippen LogP contribution in [-0.4, -0.2) is 49.1 Å². The summed E-state index contributed by atoms with van der Waals surface area (Å²) >= 11 is 1.81. The summed E-state index contributed by atoms with van der Waals surface area (Å²) in [5.41, 5.74) is 2.25. The monoisotopic (exact) mass is 365 g/mol. The highest BCUT2D eigenvalue weighted by Gasteiger charge is 2.20. The van der Waals surface area contributed by atoms with Gasteiger partial charge in [-0.05, 0) is 29.1 Å². The fourth-order valence-electron chi connectivity index (χ4n) is 3.41. The van der Waals surface area contributed by atoms with Crippen LogP contribution in [0, 0.1) is 0 Å². The van der Waals surface area contributed by atoms with E-state index in [2.05, 4.69) is 66.9 Å². The Kier molecular flexibility index (Phi) is 5.02. The zero-order valence-corrected chi connectivity index (χ0v) is 15.7. The van der Waals surface area contributed by atoms with Gasteiger partial charge in [0.25, 0.3) is 0 Å². The van der Waals surface area contributed by atoms with Crippen LogP contribution in [0.4, 0.5) is 5.00 Å². The maximum absolute atomic E-state index is 4.54. The molecule has 26 heavy (non-hydrogen) atoms. The van der Waals surface area contributed by atoms with Crippen molar-refractivity contribution >= 4 is 33.2 Å². The predicted octanol–water partition coefficient (Wildman–Crippen LogP) is 3.19. The van der Waals surface area contributed by atoms with E-state index in [9.17, 15) is 0 Å². The summed E-state index contributed by atoms with van der Waals surface area (Å²) in [5.74, 6) is 0.962. The zero-order chi connectivity index (χ0) is 17.8. The first-order valence-electron chi connectivity index (χ1n) is 8.92. The number of hydrogen-bond donors (Lipinski definition) is 1. The smallest absolute Gasteiger partial charge is 0.194 e. The quantitative estimate of drug-likeness (QED) is 0.572. The Bertz CT molecular complexity index is 877. The lowest BCUT2D eigenvalue weighted by molar-refractivity contribution is 0.373. The Morgan fingerprint density at radius 2 is 1.96 bits per heavy atom. The van der Waals surface area contributed by atoms with Crippen molar-refractivity contribution in [1.29, 1.82) is 0 Å². The molecule has 1 aliphatic heterocycles. The normalized spacial score (nSPS) is 15.5. The van der Waals surface area contributed by atoms with Gasteiger partial charge in [0.15, 0.2) is 5.96 Å². The Balaban J connectivity index is 1.39. The fraction of sp³-hybridized carbons (Fsp3) is 0.300. The summed E-state index contributed by atoms with van der Waals surface area (Å²) < 4.78 is 0. The SMILES string of the molecule is CN=C(NCc1cccc2cccnc12)N1CCN(c2cccs2)CC1. The van der Waals surface area contributed by atoms with Gasteiger partial charge in [-0.25, -0.2) is 0 Å². The topological polar surface area (TPSA) is 43.8 Å². The standard InChI is InChI=1S/C20H23N5S/c1-21-20(25-12-10-24(11-13-25)18-8-4-14-26-18)23-15-17-6-2-5-16-7-3-9-22-19(16)17/h2-9,14H,10-13,15H2,1H3,(H,21,23). The number of nitrogens with one attached hydrogen (secondary N) is 1. The molecular formula is C20H23N5S. The van der Waals surface area contributed by atoms with Gasteiger partial charge in [0.05, 0.1) is 10.5 Å². The third kappa shape index (κ3) is 3.51. The molecule has 4 rings (SSSR count). The van der Waals surface area contributed by atoms with E-state index in [1.54, 1.807) is 0 Å². The second-order valence-electron chi connectivity index (χ2n) is 6.32. The molecule has 1 fully saturated rings. The van der Waals surface area contributed by atoms with Crippen LogP contribution in [0.5, 0.6) is 0 Å². The highest BCUT2D eigenvalue weighted by molar-refractivity contribution is 7.14. The number of rotatable bonds is 3. The lowest BCUT2D eigenvalue weighted by Crippen LogP contribution is -2.52. The van der Waals surface area contributed by atoms with Crippen molar-refractivity contribution in [3.05, 3.63) is 59.6 Å². The van der Waals surface area contributed by atoms with E-state index in [1.807, 2.05) is 30.6 Å². The number of hydrogen-bond acceptors (Lipinski definition) is 4. The van der Waals surface area contributed by atoms with Crippen molar-refractivity contribution in [3.63, 3.8) is 0 Å². The number of fused-ring (bicyclic) bond motifs is 1. The highest BCUT2D eigenvalue weighted by atomic mass is 32.1. The number of pyridine rings is 1. The van der Waals surface area contributed by atoms with E-state index in [1.165, 1.54) is 16.0 Å². The molecule has 1 saturated heterocycles. The molecule has 0 amide bonds. The highest BCUT2D eigenvalue weighted by Crippen LogP contribution is 2.22. The minimum atomic E-state index is 0.728. The van der Waals surface area contributed by atoms with E-state index in [-0.39, 0.29) is 0 Å². The first-order valence-corrected chi connectivity index (χ1v) is 9.80. The molecule has 2 aromatic heterocycles. The summed E-state index contributed by atoms with van der Waals surface area (Å²) in [7, 11) is 1.86. The number of guanidine groups is 1. The molecule has 1 aliphatic rings. The number of benzene rings is 1.